The maximum absolute atomic E-state index is 13.7. The number of nitrogens with zero attached hydrogens (tertiary/aromatic N) is 2. The van der Waals surface area contributed by atoms with Crippen LogP contribution in [0.5, 0.6) is 0 Å². The number of hydrogen-bond acceptors (Lipinski definition) is 4. The van der Waals surface area contributed by atoms with Crippen molar-refractivity contribution in [1.29, 1.82) is 0 Å². The van der Waals surface area contributed by atoms with Crippen LogP contribution >= 0.6 is 0 Å². The van der Waals surface area contributed by atoms with Crippen molar-refractivity contribution in [3.63, 3.8) is 0 Å². The van der Waals surface area contributed by atoms with Crippen LogP contribution < -0.4 is 5.73 Å². The third-order valence-electron chi connectivity index (χ3n) is 2.77. The molecule has 0 aliphatic rings. The monoisotopic (exact) mass is 321 g/mol. The predicted octanol–water partition coefficient (Wildman–Crippen LogP) is 1.50. The molecule has 0 fully saturated rings. The van der Waals surface area contributed by atoms with Gasteiger partial charge in [0.2, 0.25) is 10.0 Å². The average Bonchev–Trinajstić information content (AvgIpc) is 2.37. The lowest BCUT2D eigenvalue weighted by molar-refractivity contribution is 0.313. The molecule has 0 saturated heterocycles. The Morgan fingerprint density at radius 3 is 2.52 bits per heavy atom. The Morgan fingerprint density at radius 1 is 1.43 bits per heavy atom. The van der Waals surface area contributed by atoms with Crippen LogP contribution in [0.4, 0.5) is 8.78 Å². The number of hydrogen-bond donors (Lipinski definition) is 2. The van der Waals surface area contributed by atoms with Crippen molar-refractivity contribution >= 4 is 15.9 Å². The van der Waals surface area contributed by atoms with Gasteiger partial charge in [0.25, 0.3) is 0 Å². The highest BCUT2D eigenvalue weighted by Gasteiger charge is 2.29. The maximum atomic E-state index is 13.7. The van der Waals surface area contributed by atoms with Gasteiger partial charge in [-0.05, 0) is 26.0 Å². The molecule has 0 saturated carbocycles. The molecule has 1 rings (SSSR count). The lowest BCUT2D eigenvalue weighted by Gasteiger charge is -2.25. The van der Waals surface area contributed by atoms with E-state index < -0.39 is 32.6 Å². The van der Waals surface area contributed by atoms with Gasteiger partial charge in [0.15, 0.2) is 0 Å². The number of nitrogens with two attached hydrogens (primary N) is 1. The molecule has 0 spiro atoms. The van der Waals surface area contributed by atoms with Crippen LogP contribution in [0, 0.1) is 11.6 Å². The minimum atomic E-state index is -4.15. The van der Waals surface area contributed by atoms with Crippen LogP contribution in [0.15, 0.2) is 28.3 Å². The summed E-state index contributed by atoms with van der Waals surface area (Å²) in [6.07, 6.45) is -0.0171. The number of halogens is 2. The quantitative estimate of drug-likeness (QED) is 0.359. The molecule has 0 aliphatic heterocycles. The molecule has 0 aromatic heterocycles. The Kier molecular flexibility index (Phi) is 5.62. The molecule has 0 aliphatic carbocycles. The van der Waals surface area contributed by atoms with Crippen molar-refractivity contribution in [3.8, 4) is 0 Å². The van der Waals surface area contributed by atoms with Crippen molar-refractivity contribution in [3.05, 3.63) is 29.8 Å². The minimum absolute atomic E-state index is 0.0171. The zero-order valence-electron chi connectivity index (χ0n) is 11.6. The molecule has 21 heavy (non-hydrogen) atoms. The Hall–Kier alpha value is -1.74. The summed E-state index contributed by atoms with van der Waals surface area (Å²) >= 11 is 0. The Morgan fingerprint density at radius 2 is 2.05 bits per heavy atom. The summed E-state index contributed by atoms with van der Waals surface area (Å²) in [5, 5.41) is 11.2. The van der Waals surface area contributed by atoms with Crippen LogP contribution in [0.25, 0.3) is 0 Å². The van der Waals surface area contributed by atoms with E-state index in [4.69, 9.17) is 10.9 Å². The van der Waals surface area contributed by atoms with Gasteiger partial charge in [0, 0.05) is 25.1 Å². The van der Waals surface area contributed by atoms with Gasteiger partial charge in [-0.1, -0.05) is 5.16 Å². The van der Waals surface area contributed by atoms with E-state index in [1.807, 2.05) is 0 Å². The molecule has 0 heterocycles. The largest absolute Gasteiger partial charge is 0.409 e. The number of amidine groups is 1. The Bertz CT molecular complexity index is 633. The van der Waals surface area contributed by atoms with Crippen molar-refractivity contribution in [2.24, 2.45) is 10.9 Å². The first-order valence-electron chi connectivity index (χ1n) is 6.13. The molecule has 0 bridgehead atoms. The van der Waals surface area contributed by atoms with Gasteiger partial charge in [-0.25, -0.2) is 17.2 Å². The standard InChI is InChI=1S/C12H17F2N3O3S/c1-8(2)17(6-5-12(15)16-18)21(19,20)11-4-3-9(13)7-10(11)14/h3-4,7-8,18H,5-6H2,1-2H3,(H2,15,16). The van der Waals surface area contributed by atoms with Gasteiger partial charge >= 0.3 is 0 Å². The lowest BCUT2D eigenvalue weighted by atomic mass is 10.3. The predicted molar refractivity (Wildman–Crippen MR) is 73.4 cm³/mol. The fourth-order valence-electron chi connectivity index (χ4n) is 1.74. The topological polar surface area (TPSA) is 96.0 Å². The molecule has 118 valence electrons. The lowest BCUT2D eigenvalue weighted by Crippen LogP contribution is -2.39. The summed E-state index contributed by atoms with van der Waals surface area (Å²) in [5.41, 5.74) is 5.31. The molecule has 1 aromatic rings. The highest BCUT2D eigenvalue weighted by atomic mass is 32.2. The molecule has 1 aromatic carbocycles. The van der Waals surface area contributed by atoms with Crippen molar-refractivity contribution in [1.82, 2.24) is 4.31 Å². The molecule has 0 unspecified atom stereocenters. The van der Waals surface area contributed by atoms with Crippen molar-refractivity contribution in [2.75, 3.05) is 6.54 Å². The second-order valence-electron chi connectivity index (χ2n) is 4.63. The summed E-state index contributed by atoms with van der Waals surface area (Å²) < 4.78 is 52.4. The second-order valence-corrected chi connectivity index (χ2v) is 6.48. The number of oxime groups is 1. The van der Waals surface area contributed by atoms with Crippen LogP contribution in [0.3, 0.4) is 0 Å². The van der Waals surface area contributed by atoms with Crippen molar-refractivity contribution < 1.29 is 22.4 Å². The first kappa shape index (κ1) is 17.3. The normalized spacial score (nSPS) is 13.1. The summed E-state index contributed by atoms with van der Waals surface area (Å²) in [4.78, 5) is -0.614. The molecule has 0 atom stereocenters. The van der Waals surface area contributed by atoms with Gasteiger partial charge in [-0.3, -0.25) is 0 Å². The average molecular weight is 321 g/mol. The number of benzene rings is 1. The summed E-state index contributed by atoms with van der Waals surface area (Å²) in [7, 11) is -4.15. The van der Waals surface area contributed by atoms with E-state index in [1.165, 1.54) is 0 Å². The van der Waals surface area contributed by atoms with Gasteiger partial charge in [-0.15, -0.1) is 0 Å². The molecule has 0 radical (unpaired) electrons. The minimum Gasteiger partial charge on any atom is -0.409 e. The summed E-state index contributed by atoms with van der Waals surface area (Å²) in [6.45, 7) is 3.11. The summed E-state index contributed by atoms with van der Waals surface area (Å²) in [5.74, 6) is -2.17. The zero-order valence-corrected chi connectivity index (χ0v) is 12.4. The van der Waals surface area contributed by atoms with E-state index in [-0.39, 0.29) is 18.8 Å². The highest BCUT2D eigenvalue weighted by molar-refractivity contribution is 7.89. The van der Waals surface area contributed by atoms with Crippen molar-refractivity contribution in [2.45, 2.75) is 31.2 Å². The molecular formula is C12H17F2N3O3S. The first-order chi connectivity index (χ1) is 9.70. The molecule has 0 amide bonds. The molecular weight excluding hydrogens is 304 g/mol. The Balaban J connectivity index is 3.16. The van der Waals surface area contributed by atoms with E-state index in [2.05, 4.69) is 5.16 Å². The van der Waals surface area contributed by atoms with Crippen LogP contribution in [-0.4, -0.2) is 36.4 Å². The first-order valence-corrected chi connectivity index (χ1v) is 7.57. The fraction of sp³-hybridized carbons (Fsp3) is 0.417. The van der Waals surface area contributed by atoms with Gasteiger partial charge < -0.3 is 10.9 Å². The second kappa shape index (κ2) is 6.81. The van der Waals surface area contributed by atoms with E-state index >= 15 is 0 Å². The molecule has 3 N–H and O–H groups in total. The van der Waals surface area contributed by atoms with Gasteiger partial charge in [0.1, 0.15) is 22.4 Å². The third kappa shape index (κ3) is 4.11. The smallest absolute Gasteiger partial charge is 0.246 e. The SMILES string of the molecule is CC(C)N(CCC(N)=NO)S(=O)(=O)c1ccc(F)cc1F. The number of sulfonamides is 1. The highest BCUT2D eigenvalue weighted by Crippen LogP contribution is 2.22. The third-order valence-corrected chi connectivity index (χ3v) is 4.88. The van der Waals surface area contributed by atoms with E-state index in [0.29, 0.717) is 6.07 Å². The van der Waals surface area contributed by atoms with Crippen LogP contribution in [0.1, 0.15) is 20.3 Å². The summed E-state index contributed by atoms with van der Waals surface area (Å²) in [6, 6.07) is 1.78. The van der Waals surface area contributed by atoms with E-state index in [9.17, 15) is 17.2 Å². The fourth-order valence-corrected chi connectivity index (χ4v) is 3.43. The molecule has 9 heteroatoms. The van der Waals surface area contributed by atoms with E-state index in [1.54, 1.807) is 13.8 Å². The van der Waals surface area contributed by atoms with Crippen LogP contribution in [-0.2, 0) is 10.0 Å². The number of rotatable bonds is 6. The maximum Gasteiger partial charge on any atom is 0.246 e. The van der Waals surface area contributed by atoms with Crippen LogP contribution in [0.2, 0.25) is 0 Å². The van der Waals surface area contributed by atoms with E-state index in [0.717, 1.165) is 16.4 Å². The van der Waals surface area contributed by atoms with Gasteiger partial charge in [-0.2, -0.15) is 4.31 Å². The molecule has 6 nitrogen and oxygen atoms in total. The zero-order chi connectivity index (χ0) is 16.2. The van der Waals surface area contributed by atoms with Gasteiger partial charge in [0.05, 0.1) is 0 Å². The Labute approximate surface area is 121 Å².